The first-order chi connectivity index (χ1) is 15.7. The van der Waals surface area contributed by atoms with E-state index in [1.807, 2.05) is 20.8 Å². The molecular formula is C24H33ClN4O4S. The molecule has 0 aromatic heterocycles. The fraction of sp³-hybridized carbons (Fsp3) is 0.417. The van der Waals surface area contributed by atoms with Gasteiger partial charge in [0.05, 0.1) is 5.69 Å². The predicted octanol–water partition coefficient (Wildman–Crippen LogP) is 3.28. The van der Waals surface area contributed by atoms with Gasteiger partial charge in [-0.3, -0.25) is 9.59 Å². The fourth-order valence-corrected chi connectivity index (χ4v) is 4.47. The molecule has 2 aromatic carbocycles. The van der Waals surface area contributed by atoms with E-state index in [2.05, 4.69) is 5.32 Å². The van der Waals surface area contributed by atoms with Crippen molar-refractivity contribution < 1.29 is 18.0 Å². The maximum absolute atomic E-state index is 13.6. The van der Waals surface area contributed by atoms with Crippen molar-refractivity contribution >= 4 is 39.3 Å². The molecule has 1 atom stereocenters. The van der Waals surface area contributed by atoms with Gasteiger partial charge in [-0.15, -0.1) is 0 Å². The van der Waals surface area contributed by atoms with Crippen LogP contribution >= 0.6 is 11.6 Å². The van der Waals surface area contributed by atoms with E-state index in [1.54, 1.807) is 61.5 Å². The van der Waals surface area contributed by atoms with Crippen LogP contribution in [0.5, 0.6) is 0 Å². The van der Waals surface area contributed by atoms with Gasteiger partial charge in [0.1, 0.15) is 12.6 Å². The topological polar surface area (TPSA) is 90.0 Å². The van der Waals surface area contributed by atoms with Gasteiger partial charge < -0.3 is 10.2 Å². The van der Waals surface area contributed by atoms with Crippen molar-refractivity contribution in [2.45, 2.75) is 45.8 Å². The van der Waals surface area contributed by atoms with Crippen LogP contribution in [0.2, 0.25) is 5.02 Å². The third kappa shape index (κ3) is 7.44. The Morgan fingerprint density at radius 1 is 1.03 bits per heavy atom. The van der Waals surface area contributed by atoms with Crippen LogP contribution in [0.25, 0.3) is 0 Å². The van der Waals surface area contributed by atoms with E-state index in [0.717, 1.165) is 14.2 Å². The maximum Gasteiger partial charge on any atom is 0.304 e. The standard InChI is InChI=1S/C24H33ClN4O4S/c1-18(23(31)26-24(2,3)4)28(16-19-11-10-12-20(25)15-19)22(30)17-29(34(32,33)27(5)6)21-13-8-7-9-14-21/h7-15,18H,16-17H2,1-6H3,(H,26,31)/t18-/m1/s1. The summed E-state index contributed by atoms with van der Waals surface area (Å²) >= 11 is 6.12. The molecule has 0 unspecified atom stereocenters. The molecule has 0 aliphatic heterocycles. The number of carbonyl (C=O) groups excluding carboxylic acids is 2. The van der Waals surface area contributed by atoms with E-state index in [-0.39, 0.29) is 12.5 Å². The summed E-state index contributed by atoms with van der Waals surface area (Å²) in [5.41, 5.74) is 0.567. The monoisotopic (exact) mass is 508 g/mol. The molecule has 8 nitrogen and oxygen atoms in total. The molecule has 0 aliphatic rings. The second kappa shape index (κ2) is 11.2. The van der Waals surface area contributed by atoms with Crippen LogP contribution in [0.3, 0.4) is 0 Å². The van der Waals surface area contributed by atoms with E-state index in [1.165, 1.54) is 19.0 Å². The molecule has 34 heavy (non-hydrogen) atoms. The Labute approximate surface area is 207 Å². The number of anilines is 1. The van der Waals surface area contributed by atoms with Crippen molar-refractivity contribution in [2.24, 2.45) is 0 Å². The Morgan fingerprint density at radius 2 is 1.65 bits per heavy atom. The fourth-order valence-electron chi connectivity index (χ4n) is 3.20. The lowest BCUT2D eigenvalue weighted by Crippen LogP contribution is -2.54. The minimum atomic E-state index is -3.98. The Kier molecular flexibility index (Phi) is 9.10. The van der Waals surface area contributed by atoms with Crippen LogP contribution in [0.1, 0.15) is 33.3 Å². The minimum absolute atomic E-state index is 0.0861. The Hall–Kier alpha value is -2.62. The average Bonchev–Trinajstić information content (AvgIpc) is 2.74. The Morgan fingerprint density at radius 3 is 2.18 bits per heavy atom. The highest BCUT2D eigenvalue weighted by atomic mass is 35.5. The summed E-state index contributed by atoms with van der Waals surface area (Å²) in [5.74, 6) is -0.865. The summed E-state index contributed by atoms with van der Waals surface area (Å²) in [5, 5.41) is 3.38. The quantitative estimate of drug-likeness (QED) is 0.562. The molecule has 186 valence electrons. The highest BCUT2D eigenvalue weighted by Gasteiger charge is 2.33. The lowest BCUT2D eigenvalue weighted by Gasteiger charge is -2.34. The number of halogens is 1. The molecule has 10 heteroatoms. The number of nitrogens with one attached hydrogen (secondary N) is 1. The molecule has 0 fully saturated rings. The van der Waals surface area contributed by atoms with Crippen LogP contribution in [0.4, 0.5) is 5.69 Å². The summed E-state index contributed by atoms with van der Waals surface area (Å²) < 4.78 is 28.2. The molecule has 2 amide bonds. The maximum atomic E-state index is 13.6. The van der Waals surface area contributed by atoms with Crippen LogP contribution in [-0.2, 0) is 26.3 Å². The normalized spacial score (nSPS) is 12.8. The smallest absolute Gasteiger partial charge is 0.304 e. The van der Waals surface area contributed by atoms with E-state index in [4.69, 9.17) is 11.6 Å². The molecule has 0 spiro atoms. The average molecular weight is 509 g/mol. The van der Waals surface area contributed by atoms with Gasteiger partial charge in [-0.25, -0.2) is 4.31 Å². The zero-order valence-corrected chi connectivity index (χ0v) is 22.0. The summed E-state index contributed by atoms with van der Waals surface area (Å²) in [6.45, 7) is 6.78. The molecule has 1 N–H and O–H groups in total. The van der Waals surface area contributed by atoms with Crippen LogP contribution in [-0.4, -0.2) is 61.7 Å². The Bertz CT molecular complexity index is 1100. The summed E-state index contributed by atoms with van der Waals surface area (Å²) in [7, 11) is -1.17. The van der Waals surface area contributed by atoms with Gasteiger partial charge in [0.15, 0.2) is 0 Å². The van der Waals surface area contributed by atoms with Gasteiger partial charge in [0.25, 0.3) is 0 Å². The van der Waals surface area contributed by atoms with Crippen molar-refractivity contribution in [3.8, 4) is 0 Å². The number of hydrogen-bond acceptors (Lipinski definition) is 4. The first kappa shape index (κ1) is 27.6. The van der Waals surface area contributed by atoms with Gasteiger partial charge in [-0.2, -0.15) is 12.7 Å². The zero-order chi connectivity index (χ0) is 25.7. The second-order valence-corrected chi connectivity index (χ2v) is 11.7. The number of carbonyl (C=O) groups is 2. The van der Waals surface area contributed by atoms with E-state index in [0.29, 0.717) is 10.7 Å². The van der Waals surface area contributed by atoms with Crippen LogP contribution in [0, 0.1) is 0 Å². The number of para-hydroxylation sites is 1. The molecule has 0 heterocycles. The van der Waals surface area contributed by atoms with Crippen molar-refractivity contribution in [3.05, 3.63) is 65.2 Å². The molecule has 0 saturated carbocycles. The van der Waals surface area contributed by atoms with Crippen molar-refractivity contribution in [2.75, 3.05) is 24.9 Å². The lowest BCUT2D eigenvalue weighted by molar-refractivity contribution is -0.140. The minimum Gasteiger partial charge on any atom is -0.350 e. The molecule has 0 radical (unpaired) electrons. The molecule has 2 rings (SSSR count). The molecule has 0 aliphatic carbocycles. The lowest BCUT2D eigenvalue weighted by atomic mass is 10.1. The molecule has 0 saturated heterocycles. The zero-order valence-electron chi connectivity index (χ0n) is 20.4. The first-order valence-electron chi connectivity index (χ1n) is 10.8. The molecule has 0 bridgehead atoms. The SMILES string of the molecule is C[C@H](C(=O)NC(C)(C)C)N(Cc1cccc(Cl)c1)C(=O)CN(c1ccccc1)S(=O)(=O)N(C)C. The van der Waals surface area contributed by atoms with E-state index < -0.39 is 34.2 Å². The third-order valence-electron chi connectivity index (χ3n) is 4.97. The number of nitrogens with zero attached hydrogens (tertiary/aromatic N) is 3. The largest absolute Gasteiger partial charge is 0.350 e. The molecular weight excluding hydrogens is 476 g/mol. The van der Waals surface area contributed by atoms with Crippen LogP contribution < -0.4 is 9.62 Å². The number of rotatable bonds is 9. The summed E-state index contributed by atoms with van der Waals surface area (Å²) in [6, 6.07) is 14.5. The molecule has 2 aromatic rings. The predicted molar refractivity (Wildman–Crippen MR) is 136 cm³/mol. The Balaban J connectivity index is 2.44. The van der Waals surface area contributed by atoms with E-state index in [9.17, 15) is 18.0 Å². The van der Waals surface area contributed by atoms with Gasteiger partial charge in [0.2, 0.25) is 11.8 Å². The highest BCUT2D eigenvalue weighted by molar-refractivity contribution is 7.90. The van der Waals surface area contributed by atoms with Gasteiger partial charge in [-0.1, -0.05) is 41.9 Å². The summed E-state index contributed by atoms with van der Waals surface area (Å²) in [4.78, 5) is 27.9. The number of amides is 2. The third-order valence-corrected chi connectivity index (χ3v) is 7.03. The first-order valence-corrected chi connectivity index (χ1v) is 12.6. The number of hydrogen-bond donors (Lipinski definition) is 1. The van der Waals surface area contributed by atoms with Crippen molar-refractivity contribution in [1.29, 1.82) is 0 Å². The van der Waals surface area contributed by atoms with Gasteiger partial charge in [0, 0.05) is 31.2 Å². The second-order valence-electron chi connectivity index (χ2n) is 9.20. The van der Waals surface area contributed by atoms with Crippen molar-refractivity contribution in [3.63, 3.8) is 0 Å². The number of benzene rings is 2. The highest BCUT2D eigenvalue weighted by Crippen LogP contribution is 2.21. The van der Waals surface area contributed by atoms with Gasteiger partial charge in [-0.05, 0) is 57.5 Å². The van der Waals surface area contributed by atoms with E-state index >= 15 is 0 Å². The summed E-state index contributed by atoms with van der Waals surface area (Å²) in [6.07, 6.45) is 0. The van der Waals surface area contributed by atoms with Crippen molar-refractivity contribution in [1.82, 2.24) is 14.5 Å². The van der Waals surface area contributed by atoms with Crippen LogP contribution in [0.15, 0.2) is 54.6 Å². The van der Waals surface area contributed by atoms with Gasteiger partial charge >= 0.3 is 10.2 Å².